The van der Waals surface area contributed by atoms with Crippen molar-refractivity contribution in [3.63, 3.8) is 0 Å². The van der Waals surface area contributed by atoms with E-state index in [4.69, 9.17) is 0 Å². The second-order valence-electron chi connectivity index (χ2n) is 5.70. The van der Waals surface area contributed by atoms with E-state index in [0.29, 0.717) is 17.9 Å². The Hall–Kier alpha value is -2.28. The van der Waals surface area contributed by atoms with Crippen LogP contribution in [0.25, 0.3) is 0 Å². The van der Waals surface area contributed by atoms with E-state index in [2.05, 4.69) is 35.5 Å². The largest absolute Gasteiger partial charge is 0.357 e. The number of rotatable bonds is 5. The van der Waals surface area contributed by atoms with Gasteiger partial charge in [0.15, 0.2) is 0 Å². The van der Waals surface area contributed by atoms with Crippen molar-refractivity contribution in [2.75, 3.05) is 31.3 Å². The zero-order chi connectivity index (χ0) is 16.1. The molecule has 0 amide bonds. The number of hydrogen-bond acceptors (Lipinski definition) is 7. The summed E-state index contributed by atoms with van der Waals surface area (Å²) in [7, 11) is 3.67. The molecule has 0 aliphatic carbocycles. The third-order valence-electron chi connectivity index (χ3n) is 4.17. The highest BCUT2D eigenvalue weighted by atomic mass is 15.2. The molecule has 1 saturated heterocycles. The van der Waals surface area contributed by atoms with E-state index in [0.717, 1.165) is 30.8 Å². The van der Waals surface area contributed by atoms with Crippen molar-refractivity contribution >= 4 is 11.9 Å². The van der Waals surface area contributed by atoms with E-state index in [1.54, 1.807) is 0 Å². The first-order chi connectivity index (χ1) is 11.3. The first-order valence-corrected chi connectivity index (χ1v) is 8.03. The summed E-state index contributed by atoms with van der Waals surface area (Å²) in [6.45, 7) is 1.91. The molecule has 7 nitrogen and oxygen atoms in total. The Kier molecular flexibility index (Phi) is 4.97. The van der Waals surface area contributed by atoms with Gasteiger partial charge in [0.1, 0.15) is 0 Å². The SMILES string of the molecule is CNc1ncc(CN2CCCC[C@@H]2c2ccnc(NC)n2)cn1. The zero-order valence-electron chi connectivity index (χ0n) is 13.7. The summed E-state index contributed by atoms with van der Waals surface area (Å²) in [5.74, 6) is 1.33. The van der Waals surface area contributed by atoms with Gasteiger partial charge in [0.05, 0.1) is 11.7 Å². The average molecular weight is 313 g/mol. The molecule has 1 aliphatic heterocycles. The highest BCUT2D eigenvalue weighted by Gasteiger charge is 2.25. The van der Waals surface area contributed by atoms with Gasteiger partial charge in [0.2, 0.25) is 11.9 Å². The molecule has 122 valence electrons. The molecule has 1 aliphatic rings. The molecular formula is C16H23N7. The Morgan fingerprint density at radius 1 is 1.09 bits per heavy atom. The molecule has 2 aromatic rings. The van der Waals surface area contributed by atoms with Crippen molar-refractivity contribution in [3.05, 3.63) is 35.9 Å². The lowest BCUT2D eigenvalue weighted by molar-refractivity contribution is 0.137. The summed E-state index contributed by atoms with van der Waals surface area (Å²) in [6.07, 6.45) is 9.18. The molecule has 7 heteroatoms. The maximum atomic E-state index is 4.63. The lowest BCUT2D eigenvalue weighted by atomic mass is 9.98. The summed E-state index contributed by atoms with van der Waals surface area (Å²) < 4.78 is 0. The summed E-state index contributed by atoms with van der Waals surface area (Å²) in [5, 5.41) is 5.96. The van der Waals surface area contributed by atoms with E-state index in [-0.39, 0.29) is 0 Å². The molecule has 2 aromatic heterocycles. The van der Waals surface area contributed by atoms with Crippen LogP contribution in [0.1, 0.15) is 36.6 Å². The van der Waals surface area contributed by atoms with Crippen molar-refractivity contribution in [2.45, 2.75) is 31.8 Å². The van der Waals surface area contributed by atoms with Gasteiger partial charge < -0.3 is 10.6 Å². The van der Waals surface area contributed by atoms with Gasteiger partial charge in [-0.2, -0.15) is 0 Å². The monoisotopic (exact) mass is 313 g/mol. The lowest BCUT2D eigenvalue weighted by Gasteiger charge is -2.35. The molecule has 0 saturated carbocycles. The van der Waals surface area contributed by atoms with Gasteiger partial charge in [-0.1, -0.05) is 6.42 Å². The Morgan fingerprint density at radius 3 is 2.61 bits per heavy atom. The van der Waals surface area contributed by atoms with E-state index in [9.17, 15) is 0 Å². The van der Waals surface area contributed by atoms with Crippen molar-refractivity contribution in [1.82, 2.24) is 24.8 Å². The topological polar surface area (TPSA) is 78.9 Å². The molecule has 1 atom stereocenters. The van der Waals surface area contributed by atoms with Crippen LogP contribution < -0.4 is 10.6 Å². The first kappa shape index (κ1) is 15.6. The summed E-state index contributed by atoms with van der Waals surface area (Å²) >= 11 is 0. The summed E-state index contributed by atoms with van der Waals surface area (Å²) in [5.41, 5.74) is 2.20. The fraction of sp³-hybridized carbons (Fsp3) is 0.500. The molecule has 0 radical (unpaired) electrons. The number of aromatic nitrogens is 4. The van der Waals surface area contributed by atoms with Crippen molar-refractivity contribution < 1.29 is 0 Å². The fourth-order valence-corrected chi connectivity index (χ4v) is 2.99. The molecule has 0 bridgehead atoms. The van der Waals surface area contributed by atoms with Crippen LogP contribution in [0.5, 0.6) is 0 Å². The van der Waals surface area contributed by atoms with Crippen LogP contribution in [-0.2, 0) is 6.54 Å². The van der Waals surface area contributed by atoms with Crippen molar-refractivity contribution in [1.29, 1.82) is 0 Å². The molecule has 0 spiro atoms. The van der Waals surface area contributed by atoms with Gasteiger partial charge in [-0.3, -0.25) is 4.90 Å². The molecule has 23 heavy (non-hydrogen) atoms. The van der Waals surface area contributed by atoms with Gasteiger partial charge in [0, 0.05) is 44.8 Å². The molecular weight excluding hydrogens is 290 g/mol. The van der Waals surface area contributed by atoms with Crippen LogP contribution in [-0.4, -0.2) is 45.5 Å². The van der Waals surface area contributed by atoms with Crippen LogP contribution in [0.4, 0.5) is 11.9 Å². The normalized spacial score (nSPS) is 18.6. The predicted octanol–water partition coefficient (Wildman–Crippen LogP) is 2.08. The zero-order valence-corrected chi connectivity index (χ0v) is 13.7. The number of nitrogens with zero attached hydrogens (tertiary/aromatic N) is 5. The summed E-state index contributed by atoms with van der Waals surface area (Å²) in [4.78, 5) is 19.9. The first-order valence-electron chi connectivity index (χ1n) is 8.03. The molecule has 2 N–H and O–H groups in total. The highest BCUT2D eigenvalue weighted by molar-refractivity contribution is 5.26. The maximum absolute atomic E-state index is 4.63. The molecule has 3 heterocycles. The minimum absolute atomic E-state index is 0.322. The van der Waals surface area contributed by atoms with Crippen molar-refractivity contribution in [3.8, 4) is 0 Å². The Balaban J connectivity index is 1.77. The van der Waals surface area contributed by atoms with E-state index in [1.165, 1.54) is 12.8 Å². The maximum Gasteiger partial charge on any atom is 0.222 e. The summed E-state index contributed by atoms with van der Waals surface area (Å²) in [6, 6.07) is 2.34. The number of piperidine rings is 1. The van der Waals surface area contributed by atoms with Gasteiger partial charge >= 0.3 is 0 Å². The lowest BCUT2D eigenvalue weighted by Crippen LogP contribution is -2.33. The highest BCUT2D eigenvalue weighted by Crippen LogP contribution is 2.31. The van der Waals surface area contributed by atoms with Crippen LogP contribution in [0.2, 0.25) is 0 Å². The second kappa shape index (κ2) is 7.32. The third kappa shape index (κ3) is 3.73. The quantitative estimate of drug-likeness (QED) is 0.875. The molecule has 3 rings (SSSR count). The Bertz CT molecular complexity index is 629. The number of likely N-dealkylation sites (tertiary alicyclic amines) is 1. The Morgan fingerprint density at radius 2 is 1.87 bits per heavy atom. The van der Waals surface area contributed by atoms with E-state index >= 15 is 0 Å². The standard InChI is InChI=1S/C16H23N7/c1-17-15-20-9-12(10-21-15)11-23-8-4-3-5-14(23)13-6-7-19-16(18-2)22-13/h6-7,9-10,14H,3-5,8,11H2,1-2H3,(H,17,20,21)(H,18,19,22)/t14-/m1/s1. The van der Waals surface area contributed by atoms with Gasteiger partial charge in [0.25, 0.3) is 0 Å². The number of hydrogen-bond donors (Lipinski definition) is 2. The fourth-order valence-electron chi connectivity index (χ4n) is 2.99. The predicted molar refractivity (Wildman–Crippen MR) is 90.2 cm³/mol. The minimum Gasteiger partial charge on any atom is -0.357 e. The minimum atomic E-state index is 0.322. The van der Waals surface area contributed by atoms with Gasteiger partial charge in [-0.15, -0.1) is 0 Å². The smallest absolute Gasteiger partial charge is 0.222 e. The van der Waals surface area contributed by atoms with E-state index in [1.807, 2.05) is 38.8 Å². The van der Waals surface area contributed by atoms with E-state index < -0.39 is 0 Å². The van der Waals surface area contributed by atoms with Gasteiger partial charge in [-0.05, 0) is 25.5 Å². The molecule has 1 fully saturated rings. The average Bonchev–Trinajstić information content (AvgIpc) is 2.63. The number of anilines is 2. The van der Waals surface area contributed by atoms with Crippen LogP contribution in [0, 0.1) is 0 Å². The van der Waals surface area contributed by atoms with Crippen LogP contribution >= 0.6 is 0 Å². The third-order valence-corrected chi connectivity index (χ3v) is 4.17. The van der Waals surface area contributed by atoms with Crippen LogP contribution in [0.15, 0.2) is 24.7 Å². The number of nitrogens with one attached hydrogen (secondary N) is 2. The van der Waals surface area contributed by atoms with Crippen molar-refractivity contribution in [2.24, 2.45) is 0 Å². The molecule has 0 unspecified atom stereocenters. The van der Waals surface area contributed by atoms with Crippen LogP contribution in [0.3, 0.4) is 0 Å². The molecule has 0 aromatic carbocycles. The Labute approximate surface area is 136 Å². The second-order valence-corrected chi connectivity index (χ2v) is 5.70. The van der Waals surface area contributed by atoms with Gasteiger partial charge in [-0.25, -0.2) is 19.9 Å².